The molecule has 33 heavy (non-hydrogen) atoms. The summed E-state index contributed by atoms with van der Waals surface area (Å²) in [4.78, 5) is 52.6. The van der Waals surface area contributed by atoms with Crippen LogP contribution in [0.5, 0.6) is 11.7 Å². The topological polar surface area (TPSA) is 158 Å². The predicted octanol–water partition coefficient (Wildman–Crippen LogP) is 3.58. The second-order valence-electron chi connectivity index (χ2n) is 8.10. The lowest BCUT2D eigenvalue weighted by molar-refractivity contribution is -0.119. The van der Waals surface area contributed by atoms with Crippen molar-refractivity contribution >= 4 is 40.4 Å². The fourth-order valence-corrected chi connectivity index (χ4v) is 2.79. The Balaban J connectivity index is 2.62. The third kappa shape index (κ3) is 6.06. The molecule has 0 aliphatic rings. The summed E-state index contributed by atoms with van der Waals surface area (Å²) in [7, 11) is 0. The van der Waals surface area contributed by atoms with Crippen molar-refractivity contribution in [1.29, 1.82) is 0 Å². The van der Waals surface area contributed by atoms with Crippen LogP contribution in [0, 0.1) is 11.8 Å². The summed E-state index contributed by atoms with van der Waals surface area (Å²) in [6.07, 6.45) is 0. The van der Waals surface area contributed by atoms with Crippen LogP contribution >= 0.6 is 0 Å². The Morgan fingerprint density at radius 3 is 1.79 bits per heavy atom. The van der Waals surface area contributed by atoms with Crippen molar-refractivity contribution in [1.82, 2.24) is 0 Å². The van der Waals surface area contributed by atoms with E-state index >= 15 is 0 Å². The van der Waals surface area contributed by atoms with Gasteiger partial charge in [-0.25, -0.2) is 4.79 Å². The number of benzene rings is 1. The van der Waals surface area contributed by atoms with E-state index in [1.165, 1.54) is 19.1 Å². The SMILES string of the molecule is CC(=O)c1c(O)oc(=O)c(C(C)=Nc2cc(NC(=O)C(C)C)cc(NC(=O)C(C)C)c2)c1O. The molecule has 0 saturated heterocycles. The molecule has 0 radical (unpaired) electrons. The first-order valence-electron chi connectivity index (χ1n) is 10.2. The minimum Gasteiger partial charge on any atom is -0.506 e. The summed E-state index contributed by atoms with van der Waals surface area (Å²) >= 11 is 0. The molecule has 176 valence electrons. The molecular weight excluding hydrogens is 430 g/mol. The molecule has 0 spiro atoms. The van der Waals surface area contributed by atoms with Crippen LogP contribution in [0.15, 0.2) is 32.4 Å². The molecule has 0 bridgehead atoms. The van der Waals surface area contributed by atoms with E-state index in [-0.39, 0.29) is 35.0 Å². The summed E-state index contributed by atoms with van der Waals surface area (Å²) in [6.45, 7) is 9.39. The highest BCUT2D eigenvalue weighted by molar-refractivity contribution is 6.07. The smallest absolute Gasteiger partial charge is 0.351 e. The molecule has 2 aromatic rings. The van der Waals surface area contributed by atoms with Gasteiger partial charge in [0.15, 0.2) is 5.78 Å². The molecule has 1 aromatic carbocycles. The lowest BCUT2D eigenvalue weighted by Gasteiger charge is -2.13. The van der Waals surface area contributed by atoms with Crippen LogP contribution in [0.1, 0.15) is 57.5 Å². The second kappa shape index (κ2) is 10.1. The predicted molar refractivity (Wildman–Crippen MR) is 124 cm³/mol. The Bertz CT molecular complexity index is 1150. The molecule has 4 N–H and O–H groups in total. The Labute approximate surface area is 190 Å². The molecule has 10 heteroatoms. The molecular formula is C23H27N3O7. The van der Waals surface area contributed by atoms with Crippen molar-refractivity contribution in [3.8, 4) is 11.7 Å². The Hall–Kier alpha value is -3.95. The van der Waals surface area contributed by atoms with Gasteiger partial charge in [0.2, 0.25) is 11.8 Å². The van der Waals surface area contributed by atoms with Gasteiger partial charge in [-0.3, -0.25) is 19.4 Å². The van der Waals surface area contributed by atoms with Gasteiger partial charge in [0.25, 0.3) is 5.95 Å². The van der Waals surface area contributed by atoms with Crippen LogP contribution in [0.4, 0.5) is 17.1 Å². The van der Waals surface area contributed by atoms with Crippen LogP contribution in [0.2, 0.25) is 0 Å². The molecule has 0 unspecified atom stereocenters. The van der Waals surface area contributed by atoms with Gasteiger partial charge in [-0.05, 0) is 32.0 Å². The van der Waals surface area contributed by atoms with Gasteiger partial charge in [-0.2, -0.15) is 0 Å². The van der Waals surface area contributed by atoms with Crippen molar-refractivity contribution in [3.05, 3.63) is 39.7 Å². The summed E-state index contributed by atoms with van der Waals surface area (Å²) in [5.41, 5.74) is -1.10. The first-order chi connectivity index (χ1) is 15.3. The first kappa shape index (κ1) is 25.3. The van der Waals surface area contributed by atoms with E-state index in [0.29, 0.717) is 11.4 Å². The number of aliphatic imine (C=N–C) groups is 1. The molecule has 2 rings (SSSR count). The lowest BCUT2D eigenvalue weighted by Crippen LogP contribution is -2.19. The van der Waals surface area contributed by atoms with E-state index in [4.69, 9.17) is 0 Å². The van der Waals surface area contributed by atoms with E-state index in [0.717, 1.165) is 6.92 Å². The standard InChI is InChI=1S/C23H27N3O7/c1-10(2)20(29)25-15-7-14(8-16(9-15)26-21(30)11(3)4)24-12(5)17-19(28)18(13(6)27)23(32)33-22(17)31/h7-11,28,32H,1-6H3,(H,25,29)(H,26,30). The first-order valence-corrected chi connectivity index (χ1v) is 10.2. The van der Waals surface area contributed by atoms with Crippen LogP contribution in [0.3, 0.4) is 0 Å². The normalized spacial score (nSPS) is 11.6. The highest BCUT2D eigenvalue weighted by atomic mass is 16.5. The fourth-order valence-electron chi connectivity index (χ4n) is 2.79. The number of anilines is 2. The molecule has 0 aliphatic heterocycles. The second-order valence-corrected chi connectivity index (χ2v) is 8.10. The summed E-state index contributed by atoms with van der Waals surface area (Å²) in [6, 6.07) is 4.59. The van der Waals surface area contributed by atoms with E-state index in [1.807, 2.05) is 0 Å². The van der Waals surface area contributed by atoms with Crippen LogP contribution in [-0.2, 0) is 9.59 Å². The number of nitrogens with zero attached hydrogens (tertiary/aromatic N) is 1. The molecule has 1 heterocycles. The highest BCUT2D eigenvalue weighted by Gasteiger charge is 2.24. The van der Waals surface area contributed by atoms with Crippen molar-refractivity contribution in [2.75, 3.05) is 10.6 Å². The number of carbonyl (C=O) groups is 3. The van der Waals surface area contributed by atoms with Crippen molar-refractivity contribution < 1.29 is 29.0 Å². The van der Waals surface area contributed by atoms with Crippen LogP contribution < -0.4 is 16.3 Å². The van der Waals surface area contributed by atoms with Crippen molar-refractivity contribution in [2.45, 2.75) is 41.5 Å². The number of Topliss-reactive ketones (excluding diaryl/α,β-unsaturated/α-hetero) is 1. The quantitative estimate of drug-likeness (QED) is 0.365. The third-order valence-corrected chi connectivity index (χ3v) is 4.59. The Kier molecular flexibility index (Phi) is 7.76. The maximum atomic E-state index is 12.2. The van der Waals surface area contributed by atoms with E-state index in [9.17, 15) is 29.4 Å². The van der Waals surface area contributed by atoms with Crippen LogP contribution in [-0.4, -0.2) is 33.5 Å². The van der Waals surface area contributed by atoms with Gasteiger partial charge in [0.05, 0.1) is 11.4 Å². The third-order valence-electron chi connectivity index (χ3n) is 4.59. The minimum absolute atomic E-state index is 0.0165. The zero-order chi connectivity index (χ0) is 25.0. The lowest BCUT2D eigenvalue weighted by atomic mass is 10.1. The van der Waals surface area contributed by atoms with Gasteiger partial charge in [0.1, 0.15) is 16.9 Å². The number of rotatable bonds is 7. The number of hydrogen-bond donors (Lipinski definition) is 4. The summed E-state index contributed by atoms with van der Waals surface area (Å²) in [5.74, 6) is -3.55. The summed E-state index contributed by atoms with van der Waals surface area (Å²) < 4.78 is 4.67. The molecule has 0 atom stereocenters. The molecule has 10 nitrogen and oxygen atoms in total. The molecule has 1 aromatic heterocycles. The van der Waals surface area contributed by atoms with Crippen molar-refractivity contribution in [3.63, 3.8) is 0 Å². The zero-order valence-electron chi connectivity index (χ0n) is 19.3. The average molecular weight is 457 g/mol. The maximum Gasteiger partial charge on any atom is 0.351 e. The van der Waals surface area contributed by atoms with Gasteiger partial charge in [-0.1, -0.05) is 27.7 Å². The van der Waals surface area contributed by atoms with Gasteiger partial charge in [0, 0.05) is 23.2 Å². The van der Waals surface area contributed by atoms with Crippen LogP contribution in [0.25, 0.3) is 0 Å². The van der Waals surface area contributed by atoms with Gasteiger partial charge >= 0.3 is 5.63 Å². The molecule has 0 aliphatic carbocycles. The molecule has 2 amide bonds. The largest absolute Gasteiger partial charge is 0.506 e. The van der Waals surface area contributed by atoms with E-state index < -0.39 is 34.2 Å². The van der Waals surface area contributed by atoms with Crippen molar-refractivity contribution in [2.24, 2.45) is 16.8 Å². The minimum atomic E-state index is -1.09. The van der Waals surface area contributed by atoms with Gasteiger partial charge < -0.3 is 25.3 Å². The van der Waals surface area contributed by atoms with E-state index in [2.05, 4.69) is 20.0 Å². The fraction of sp³-hybridized carbons (Fsp3) is 0.348. The number of ketones is 1. The number of amides is 2. The highest BCUT2D eigenvalue weighted by Crippen LogP contribution is 2.31. The Morgan fingerprint density at radius 2 is 1.36 bits per heavy atom. The monoisotopic (exact) mass is 457 g/mol. The maximum absolute atomic E-state index is 12.2. The molecule has 0 saturated carbocycles. The number of hydrogen-bond acceptors (Lipinski definition) is 8. The number of nitrogens with one attached hydrogen (secondary N) is 2. The summed E-state index contributed by atoms with van der Waals surface area (Å²) in [5, 5.41) is 25.6. The Morgan fingerprint density at radius 1 is 0.879 bits per heavy atom. The zero-order valence-corrected chi connectivity index (χ0v) is 19.3. The van der Waals surface area contributed by atoms with E-state index in [1.54, 1.807) is 33.8 Å². The number of carbonyl (C=O) groups excluding carboxylic acids is 3. The molecule has 0 fully saturated rings. The van der Waals surface area contributed by atoms with Gasteiger partial charge in [-0.15, -0.1) is 0 Å². The number of aromatic hydroxyl groups is 2. The average Bonchev–Trinajstić information content (AvgIpc) is 2.66.